The molecule has 0 aliphatic heterocycles. The fourth-order valence-electron chi connectivity index (χ4n) is 1.99. The summed E-state index contributed by atoms with van der Waals surface area (Å²) in [7, 11) is 0. The van der Waals surface area contributed by atoms with Crippen molar-refractivity contribution in [2.75, 3.05) is 0 Å². The van der Waals surface area contributed by atoms with E-state index in [4.69, 9.17) is 4.42 Å². The molecule has 0 aliphatic carbocycles. The van der Waals surface area contributed by atoms with Gasteiger partial charge in [-0.1, -0.05) is 34.1 Å². The van der Waals surface area contributed by atoms with Gasteiger partial charge in [-0.25, -0.2) is 4.68 Å². The second-order valence-electron chi connectivity index (χ2n) is 4.38. The predicted octanol–water partition coefficient (Wildman–Crippen LogP) is 4.26. The Morgan fingerprint density at radius 3 is 2.68 bits per heavy atom. The van der Waals surface area contributed by atoms with Crippen LogP contribution in [-0.2, 0) is 0 Å². The molecule has 4 heteroatoms. The van der Waals surface area contributed by atoms with E-state index in [0.717, 1.165) is 22.6 Å². The molecule has 0 saturated heterocycles. The maximum atomic E-state index is 5.51. The molecule has 1 atom stereocenters. The topological polar surface area (TPSA) is 31.0 Å². The lowest BCUT2D eigenvalue weighted by Crippen LogP contribution is -1.94. The molecular formula is C15H13BrN2O. The van der Waals surface area contributed by atoms with Gasteiger partial charge in [-0.05, 0) is 30.7 Å². The van der Waals surface area contributed by atoms with Crippen LogP contribution in [0.5, 0.6) is 0 Å². The third kappa shape index (κ3) is 2.36. The molecule has 0 radical (unpaired) electrons. The van der Waals surface area contributed by atoms with Gasteiger partial charge < -0.3 is 4.42 Å². The molecule has 2 aromatic heterocycles. The molecule has 1 unspecified atom stereocenters. The molecule has 0 spiro atoms. The van der Waals surface area contributed by atoms with Crippen LogP contribution in [0.2, 0.25) is 0 Å². The number of rotatable bonds is 3. The molecular weight excluding hydrogens is 304 g/mol. The maximum Gasteiger partial charge on any atom is 0.124 e. The SMILES string of the molecule is Cc1ccoc1C(Br)c1cnn(-c2ccccc2)c1. The first-order valence-electron chi connectivity index (χ1n) is 6.04. The van der Waals surface area contributed by atoms with Crippen LogP contribution >= 0.6 is 15.9 Å². The lowest BCUT2D eigenvalue weighted by atomic mass is 10.1. The summed E-state index contributed by atoms with van der Waals surface area (Å²) in [6.07, 6.45) is 5.58. The van der Waals surface area contributed by atoms with Crippen molar-refractivity contribution in [3.05, 3.63) is 71.9 Å². The smallest absolute Gasteiger partial charge is 0.124 e. The van der Waals surface area contributed by atoms with Crippen LogP contribution in [0.15, 0.2) is 59.5 Å². The normalized spacial score (nSPS) is 12.5. The Bertz CT molecular complexity index is 672. The summed E-state index contributed by atoms with van der Waals surface area (Å²) in [5.41, 5.74) is 3.25. The van der Waals surface area contributed by atoms with Crippen LogP contribution in [0.4, 0.5) is 0 Å². The summed E-state index contributed by atoms with van der Waals surface area (Å²) in [6.45, 7) is 2.04. The first-order chi connectivity index (χ1) is 9.25. The zero-order chi connectivity index (χ0) is 13.2. The number of aryl methyl sites for hydroxylation is 1. The largest absolute Gasteiger partial charge is 0.468 e. The Balaban J connectivity index is 1.92. The Labute approximate surface area is 120 Å². The van der Waals surface area contributed by atoms with Crippen LogP contribution in [-0.4, -0.2) is 9.78 Å². The number of furan rings is 1. The van der Waals surface area contributed by atoms with Gasteiger partial charge in [0.15, 0.2) is 0 Å². The summed E-state index contributed by atoms with van der Waals surface area (Å²) >= 11 is 3.66. The number of aromatic nitrogens is 2. The summed E-state index contributed by atoms with van der Waals surface area (Å²) in [5.74, 6) is 0.924. The highest BCUT2D eigenvalue weighted by Gasteiger charge is 2.17. The zero-order valence-electron chi connectivity index (χ0n) is 10.5. The maximum absolute atomic E-state index is 5.51. The second-order valence-corrected chi connectivity index (χ2v) is 5.30. The molecule has 2 heterocycles. The van der Waals surface area contributed by atoms with Gasteiger partial charge in [-0.2, -0.15) is 5.10 Å². The predicted molar refractivity (Wildman–Crippen MR) is 77.8 cm³/mol. The van der Waals surface area contributed by atoms with Gasteiger partial charge in [-0.3, -0.25) is 0 Å². The number of para-hydroxylation sites is 1. The summed E-state index contributed by atoms with van der Waals surface area (Å²) < 4.78 is 7.37. The molecule has 96 valence electrons. The summed E-state index contributed by atoms with van der Waals surface area (Å²) in [4.78, 5) is 0.0277. The average Bonchev–Trinajstić information content (AvgIpc) is 3.08. The van der Waals surface area contributed by atoms with Crippen molar-refractivity contribution >= 4 is 15.9 Å². The van der Waals surface area contributed by atoms with Crippen LogP contribution in [0.3, 0.4) is 0 Å². The van der Waals surface area contributed by atoms with Gasteiger partial charge in [0.05, 0.1) is 18.1 Å². The molecule has 19 heavy (non-hydrogen) atoms. The van der Waals surface area contributed by atoms with Crippen LogP contribution in [0.1, 0.15) is 21.7 Å². The van der Waals surface area contributed by atoms with Gasteiger partial charge in [-0.15, -0.1) is 0 Å². The number of halogens is 1. The molecule has 0 bridgehead atoms. The van der Waals surface area contributed by atoms with E-state index in [-0.39, 0.29) is 4.83 Å². The van der Waals surface area contributed by atoms with E-state index in [1.54, 1.807) is 6.26 Å². The van der Waals surface area contributed by atoms with Gasteiger partial charge in [0.2, 0.25) is 0 Å². The molecule has 3 rings (SSSR count). The van der Waals surface area contributed by atoms with E-state index in [2.05, 4.69) is 21.0 Å². The van der Waals surface area contributed by atoms with E-state index < -0.39 is 0 Å². The van der Waals surface area contributed by atoms with E-state index in [9.17, 15) is 0 Å². The Kier molecular flexibility index (Phi) is 3.25. The number of hydrogen-bond donors (Lipinski definition) is 0. The fraction of sp³-hybridized carbons (Fsp3) is 0.133. The molecule has 3 aromatic rings. The van der Waals surface area contributed by atoms with Crippen molar-refractivity contribution in [2.24, 2.45) is 0 Å². The number of benzene rings is 1. The third-order valence-corrected chi connectivity index (χ3v) is 3.99. The molecule has 3 nitrogen and oxygen atoms in total. The minimum Gasteiger partial charge on any atom is -0.468 e. The monoisotopic (exact) mass is 316 g/mol. The molecule has 0 N–H and O–H groups in total. The van der Waals surface area contributed by atoms with Crippen LogP contribution in [0.25, 0.3) is 5.69 Å². The van der Waals surface area contributed by atoms with Crippen molar-refractivity contribution < 1.29 is 4.42 Å². The first kappa shape index (κ1) is 12.2. The number of nitrogens with zero attached hydrogens (tertiary/aromatic N) is 2. The van der Waals surface area contributed by atoms with E-state index >= 15 is 0 Å². The minimum atomic E-state index is 0.0277. The van der Waals surface area contributed by atoms with Gasteiger partial charge >= 0.3 is 0 Å². The van der Waals surface area contributed by atoms with Crippen molar-refractivity contribution in [1.82, 2.24) is 9.78 Å². The van der Waals surface area contributed by atoms with Crippen LogP contribution < -0.4 is 0 Å². The molecule has 1 aromatic carbocycles. The second kappa shape index (κ2) is 5.05. The Morgan fingerprint density at radius 1 is 1.21 bits per heavy atom. The van der Waals surface area contributed by atoms with E-state index in [1.807, 2.05) is 60.4 Å². The molecule has 0 aliphatic rings. The van der Waals surface area contributed by atoms with E-state index in [0.29, 0.717) is 0 Å². The fourth-order valence-corrected chi connectivity index (χ4v) is 2.69. The molecule has 0 saturated carbocycles. The first-order valence-corrected chi connectivity index (χ1v) is 6.95. The quantitative estimate of drug-likeness (QED) is 0.676. The van der Waals surface area contributed by atoms with Crippen molar-refractivity contribution in [2.45, 2.75) is 11.8 Å². The van der Waals surface area contributed by atoms with Crippen molar-refractivity contribution in [3.8, 4) is 5.69 Å². The zero-order valence-corrected chi connectivity index (χ0v) is 12.0. The Morgan fingerprint density at radius 2 is 2.00 bits per heavy atom. The van der Waals surface area contributed by atoms with Crippen molar-refractivity contribution in [3.63, 3.8) is 0 Å². The van der Waals surface area contributed by atoms with Crippen LogP contribution in [0, 0.1) is 6.92 Å². The highest BCUT2D eigenvalue weighted by Crippen LogP contribution is 2.33. The highest BCUT2D eigenvalue weighted by atomic mass is 79.9. The standard InChI is InChI=1S/C15H13BrN2O/c1-11-7-8-19-15(11)14(16)12-9-17-18(10-12)13-5-3-2-4-6-13/h2-10,14H,1H3. The van der Waals surface area contributed by atoms with Gasteiger partial charge in [0.25, 0.3) is 0 Å². The van der Waals surface area contributed by atoms with Gasteiger partial charge in [0, 0.05) is 11.8 Å². The lowest BCUT2D eigenvalue weighted by molar-refractivity contribution is 0.517. The highest BCUT2D eigenvalue weighted by molar-refractivity contribution is 9.09. The number of hydrogen-bond acceptors (Lipinski definition) is 2. The number of alkyl halides is 1. The van der Waals surface area contributed by atoms with Gasteiger partial charge in [0.1, 0.15) is 10.6 Å². The third-order valence-electron chi connectivity index (χ3n) is 3.05. The average molecular weight is 317 g/mol. The molecule has 0 amide bonds. The minimum absolute atomic E-state index is 0.0277. The summed E-state index contributed by atoms with van der Waals surface area (Å²) in [6, 6.07) is 12.0. The summed E-state index contributed by atoms with van der Waals surface area (Å²) in [5, 5.41) is 4.39. The van der Waals surface area contributed by atoms with E-state index in [1.165, 1.54) is 0 Å². The van der Waals surface area contributed by atoms with Crippen molar-refractivity contribution in [1.29, 1.82) is 0 Å². The lowest BCUT2D eigenvalue weighted by Gasteiger charge is -2.05. The Hall–Kier alpha value is -1.81. The molecule has 0 fully saturated rings.